The number of hydrogen-bond donors (Lipinski definition) is 0. The number of nitro groups is 1. The first-order chi connectivity index (χ1) is 9.64. The fourth-order valence-corrected chi connectivity index (χ4v) is 1.37. The summed E-state index contributed by atoms with van der Waals surface area (Å²) in [6.45, 7) is 1.39. The van der Waals surface area contributed by atoms with Gasteiger partial charge in [0, 0.05) is 6.07 Å². The number of carbonyl (C=O) groups is 1. The number of pyridine rings is 1. The van der Waals surface area contributed by atoms with Crippen LogP contribution in [0.2, 0.25) is 0 Å². The number of rotatable bonds is 5. The molecule has 0 aliphatic heterocycles. The van der Waals surface area contributed by atoms with Gasteiger partial charge in [0.15, 0.2) is 0 Å². The van der Waals surface area contributed by atoms with Crippen LogP contribution in [0, 0.1) is 15.9 Å². The Morgan fingerprint density at radius 1 is 1.48 bits per heavy atom. The summed E-state index contributed by atoms with van der Waals surface area (Å²) in [6.07, 6.45) is -6.02. The molecular weight excluding hydrogens is 304 g/mol. The van der Waals surface area contributed by atoms with E-state index in [2.05, 4.69) is 14.5 Å². The average molecular weight is 312 g/mol. The molecule has 0 spiro atoms. The van der Waals surface area contributed by atoms with Crippen molar-refractivity contribution in [2.24, 2.45) is 0 Å². The Morgan fingerprint density at radius 3 is 2.57 bits per heavy atom. The van der Waals surface area contributed by atoms with Gasteiger partial charge in [0.05, 0.1) is 18.0 Å². The lowest BCUT2D eigenvalue weighted by atomic mass is 10.2. The highest BCUT2D eigenvalue weighted by Gasteiger charge is 2.34. The second-order valence-electron chi connectivity index (χ2n) is 3.52. The SMILES string of the molecule is CCOC(=O)Cc1nc(OC(F)(F)F)cc(F)c1[N+](=O)[O-]. The van der Waals surface area contributed by atoms with Gasteiger partial charge in [-0.2, -0.15) is 4.39 Å². The third-order valence-electron chi connectivity index (χ3n) is 2.01. The summed E-state index contributed by atoms with van der Waals surface area (Å²) in [5.41, 5.74) is -2.03. The number of esters is 1. The molecule has 0 atom stereocenters. The van der Waals surface area contributed by atoms with E-state index in [1.54, 1.807) is 0 Å². The summed E-state index contributed by atoms with van der Waals surface area (Å²) in [6, 6.07) is 0.111. The lowest BCUT2D eigenvalue weighted by Crippen LogP contribution is -2.19. The molecule has 1 rings (SSSR count). The van der Waals surface area contributed by atoms with Crippen LogP contribution in [0.3, 0.4) is 0 Å². The lowest BCUT2D eigenvalue weighted by Gasteiger charge is -2.10. The molecule has 0 bridgehead atoms. The van der Waals surface area contributed by atoms with Gasteiger partial charge in [-0.1, -0.05) is 0 Å². The van der Waals surface area contributed by atoms with Gasteiger partial charge in [-0.3, -0.25) is 14.9 Å². The predicted octanol–water partition coefficient (Wildman–Crippen LogP) is 2.13. The predicted molar refractivity (Wildman–Crippen MR) is 57.9 cm³/mol. The van der Waals surface area contributed by atoms with Gasteiger partial charge in [-0.25, -0.2) is 4.98 Å². The molecule has 0 fully saturated rings. The molecule has 0 unspecified atom stereocenters. The van der Waals surface area contributed by atoms with E-state index in [0.717, 1.165) is 0 Å². The molecule has 0 N–H and O–H groups in total. The van der Waals surface area contributed by atoms with Crippen molar-refractivity contribution in [3.63, 3.8) is 0 Å². The fraction of sp³-hybridized carbons (Fsp3) is 0.400. The van der Waals surface area contributed by atoms with Crippen molar-refractivity contribution >= 4 is 11.7 Å². The van der Waals surface area contributed by atoms with Crippen LogP contribution >= 0.6 is 0 Å². The Labute approximate surface area is 114 Å². The van der Waals surface area contributed by atoms with Crippen LogP contribution in [0.25, 0.3) is 0 Å². The Morgan fingerprint density at radius 2 is 2.10 bits per heavy atom. The van der Waals surface area contributed by atoms with Crippen molar-refractivity contribution in [1.29, 1.82) is 0 Å². The first kappa shape index (κ1) is 16.6. The van der Waals surface area contributed by atoms with Crippen LogP contribution in [0.1, 0.15) is 12.6 Å². The molecule has 21 heavy (non-hydrogen) atoms. The Bertz CT molecular complexity index is 561. The maximum absolute atomic E-state index is 13.5. The summed E-state index contributed by atoms with van der Waals surface area (Å²) in [5, 5.41) is 10.7. The normalized spacial score (nSPS) is 11.1. The van der Waals surface area contributed by atoms with Gasteiger partial charge in [0.1, 0.15) is 5.69 Å². The van der Waals surface area contributed by atoms with Gasteiger partial charge in [-0.05, 0) is 6.92 Å². The van der Waals surface area contributed by atoms with E-state index in [1.807, 2.05) is 0 Å². The maximum Gasteiger partial charge on any atom is 0.574 e. The van der Waals surface area contributed by atoms with Crippen LogP contribution in [0.5, 0.6) is 5.88 Å². The number of ether oxygens (including phenoxy) is 2. The van der Waals surface area contributed by atoms with E-state index in [9.17, 15) is 32.5 Å². The average Bonchev–Trinajstić information content (AvgIpc) is 2.24. The number of aromatic nitrogens is 1. The van der Waals surface area contributed by atoms with Gasteiger partial charge in [0.25, 0.3) is 0 Å². The fourth-order valence-electron chi connectivity index (χ4n) is 1.37. The monoisotopic (exact) mass is 312 g/mol. The van der Waals surface area contributed by atoms with E-state index in [1.165, 1.54) is 6.92 Å². The highest BCUT2D eigenvalue weighted by atomic mass is 19.4. The molecular formula is C10H8F4N2O5. The minimum atomic E-state index is -5.16. The van der Waals surface area contributed by atoms with E-state index < -0.39 is 46.8 Å². The third-order valence-corrected chi connectivity index (χ3v) is 2.01. The Balaban J connectivity index is 3.22. The van der Waals surface area contributed by atoms with Crippen LogP contribution in [-0.2, 0) is 16.0 Å². The Kier molecular flexibility index (Phi) is 5.00. The summed E-state index contributed by atoms with van der Waals surface area (Å²) >= 11 is 0. The maximum atomic E-state index is 13.5. The number of halogens is 4. The van der Waals surface area contributed by atoms with Crippen LogP contribution in [0.15, 0.2) is 6.07 Å². The van der Waals surface area contributed by atoms with Crippen LogP contribution in [-0.4, -0.2) is 28.8 Å². The summed E-state index contributed by atoms with van der Waals surface area (Å²) in [7, 11) is 0. The summed E-state index contributed by atoms with van der Waals surface area (Å²) < 4.78 is 57.5. The molecule has 0 aliphatic carbocycles. The Hall–Kier alpha value is -2.46. The second kappa shape index (κ2) is 6.33. The van der Waals surface area contributed by atoms with Crippen molar-refractivity contribution in [3.05, 3.63) is 27.7 Å². The molecule has 11 heteroatoms. The van der Waals surface area contributed by atoms with Crippen molar-refractivity contribution in [2.45, 2.75) is 19.7 Å². The van der Waals surface area contributed by atoms with E-state index in [4.69, 9.17) is 0 Å². The highest BCUT2D eigenvalue weighted by Crippen LogP contribution is 2.28. The summed E-state index contributed by atoms with van der Waals surface area (Å²) in [5.74, 6) is -3.85. The standard InChI is InChI=1S/C10H8F4N2O5/c1-2-20-8(17)4-6-9(16(18)19)5(11)3-7(15-6)21-10(12,13)14/h3H,2,4H2,1H3. The van der Waals surface area contributed by atoms with Crippen LogP contribution in [0.4, 0.5) is 23.2 Å². The van der Waals surface area contributed by atoms with E-state index in [0.29, 0.717) is 0 Å². The molecule has 0 saturated heterocycles. The topological polar surface area (TPSA) is 91.6 Å². The molecule has 0 radical (unpaired) electrons. The van der Waals surface area contributed by atoms with Crippen molar-refractivity contribution in [1.82, 2.24) is 4.98 Å². The first-order valence-electron chi connectivity index (χ1n) is 5.39. The molecule has 0 amide bonds. The van der Waals surface area contributed by atoms with Crippen molar-refractivity contribution < 1.29 is 36.8 Å². The molecule has 7 nitrogen and oxygen atoms in total. The molecule has 1 heterocycles. The minimum absolute atomic E-state index is 0.0617. The number of nitrogens with zero attached hydrogens (tertiary/aromatic N) is 2. The van der Waals surface area contributed by atoms with E-state index in [-0.39, 0.29) is 12.7 Å². The lowest BCUT2D eigenvalue weighted by molar-refractivity contribution is -0.388. The summed E-state index contributed by atoms with van der Waals surface area (Å²) in [4.78, 5) is 23.9. The van der Waals surface area contributed by atoms with Gasteiger partial charge >= 0.3 is 18.0 Å². The number of hydrogen-bond acceptors (Lipinski definition) is 6. The number of alkyl halides is 3. The van der Waals surface area contributed by atoms with Gasteiger partial charge < -0.3 is 9.47 Å². The third kappa shape index (κ3) is 4.85. The smallest absolute Gasteiger partial charge is 0.466 e. The molecule has 0 aliphatic rings. The molecule has 0 saturated carbocycles. The molecule has 0 aromatic carbocycles. The van der Waals surface area contributed by atoms with E-state index >= 15 is 0 Å². The molecule has 116 valence electrons. The number of carbonyl (C=O) groups excluding carboxylic acids is 1. The second-order valence-corrected chi connectivity index (χ2v) is 3.52. The van der Waals surface area contributed by atoms with Gasteiger partial charge in [0.2, 0.25) is 11.7 Å². The van der Waals surface area contributed by atoms with Gasteiger partial charge in [-0.15, -0.1) is 13.2 Å². The van der Waals surface area contributed by atoms with Crippen molar-refractivity contribution in [3.8, 4) is 5.88 Å². The van der Waals surface area contributed by atoms with Crippen molar-refractivity contribution in [2.75, 3.05) is 6.61 Å². The zero-order valence-electron chi connectivity index (χ0n) is 10.4. The largest absolute Gasteiger partial charge is 0.574 e. The van der Waals surface area contributed by atoms with Crippen LogP contribution < -0.4 is 4.74 Å². The molecule has 1 aromatic heterocycles. The first-order valence-corrected chi connectivity index (χ1v) is 5.39. The zero-order valence-corrected chi connectivity index (χ0v) is 10.4. The minimum Gasteiger partial charge on any atom is -0.466 e. The highest BCUT2D eigenvalue weighted by molar-refractivity contribution is 5.73. The zero-order chi connectivity index (χ0) is 16.2. The quantitative estimate of drug-likeness (QED) is 0.358. The molecule has 1 aromatic rings.